The monoisotopic (exact) mass is 308 g/mol. The van der Waals surface area contributed by atoms with E-state index in [-0.39, 0.29) is 5.54 Å². The molecule has 3 rings (SSSR count). The summed E-state index contributed by atoms with van der Waals surface area (Å²) >= 11 is 3.61. The molecule has 0 saturated carbocycles. The molecule has 0 amide bonds. The van der Waals surface area contributed by atoms with E-state index in [1.165, 1.54) is 35.2 Å². The van der Waals surface area contributed by atoms with Crippen LogP contribution in [0.15, 0.2) is 22.7 Å². The summed E-state index contributed by atoms with van der Waals surface area (Å²) in [5.41, 5.74) is 3.43. The molecule has 0 aliphatic carbocycles. The van der Waals surface area contributed by atoms with E-state index in [9.17, 15) is 0 Å². The van der Waals surface area contributed by atoms with Crippen molar-refractivity contribution >= 4 is 21.6 Å². The number of hydrogen-bond donors (Lipinski definition) is 1. The first kappa shape index (κ1) is 12.5. The first-order valence-corrected chi connectivity index (χ1v) is 7.49. The Balaban J connectivity index is 1.95. The first-order valence-electron chi connectivity index (χ1n) is 6.70. The predicted octanol–water partition coefficient (Wildman–Crippen LogP) is 3.62. The fourth-order valence-corrected chi connectivity index (χ4v) is 3.64. The van der Waals surface area contributed by atoms with Crippen molar-refractivity contribution in [3.8, 4) is 0 Å². The normalized spacial score (nSPS) is 27.6. The average molecular weight is 309 g/mol. The largest absolute Gasteiger partial charge is 0.384 e. The molecule has 2 nitrogen and oxygen atoms in total. The van der Waals surface area contributed by atoms with Crippen molar-refractivity contribution in [3.05, 3.63) is 28.2 Å². The summed E-state index contributed by atoms with van der Waals surface area (Å²) in [6.45, 7) is 10.4. The van der Waals surface area contributed by atoms with Gasteiger partial charge in [0, 0.05) is 34.2 Å². The van der Waals surface area contributed by atoms with E-state index in [4.69, 9.17) is 0 Å². The van der Waals surface area contributed by atoms with Crippen molar-refractivity contribution in [2.24, 2.45) is 0 Å². The second-order valence-corrected chi connectivity index (χ2v) is 7.58. The second kappa shape index (κ2) is 3.97. The van der Waals surface area contributed by atoms with Gasteiger partial charge in [-0.15, -0.1) is 0 Å². The fourth-order valence-electron chi connectivity index (χ4n) is 3.28. The summed E-state index contributed by atoms with van der Waals surface area (Å²) in [7, 11) is 0. The zero-order valence-electron chi connectivity index (χ0n) is 11.4. The van der Waals surface area contributed by atoms with Crippen molar-refractivity contribution in [3.63, 3.8) is 0 Å². The van der Waals surface area contributed by atoms with Crippen molar-refractivity contribution < 1.29 is 0 Å². The van der Waals surface area contributed by atoms with E-state index in [0.717, 1.165) is 6.54 Å². The number of nitrogens with one attached hydrogen (secondary N) is 1. The molecule has 1 saturated heterocycles. The Labute approximate surface area is 118 Å². The lowest BCUT2D eigenvalue weighted by Gasteiger charge is -2.33. The number of halogens is 1. The number of fused-ring (bicyclic) bond motifs is 2. The van der Waals surface area contributed by atoms with E-state index < -0.39 is 0 Å². The smallest absolute Gasteiger partial charge is 0.0380 e. The van der Waals surface area contributed by atoms with Crippen LogP contribution in [0.25, 0.3) is 0 Å². The van der Waals surface area contributed by atoms with Gasteiger partial charge < -0.3 is 5.32 Å². The zero-order valence-corrected chi connectivity index (χ0v) is 13.0. The molecule has 0 unspecified atom stereocenters. The lowest BCUT2D eigenvalue weighted by molar-refractivity contribution is 0.165. The zero-order chi connectivity index (χ0) is 13.0. The number of benzene rings is 1. The Morgan fingerprint density at radius 1 is 1.33 bits per heavy atom. The maximum absolute atomic E-state index is 3.61. The second-order valence-electron chi connectivity index (χ2n) is 6.67. The molecule has 18 heavy (non-hydrogen) atoms. The summed E-state index contributed by atoms with van der Waals surface area (Å²) in [4.78, 5) is 2.62. The summed E-state index contributed by atoms with van der Waals surface area (Å²) in [5, 5.41) is 3.58. The van der Waals surface area contributed by atoms with Gasteiger partial charge >= 0.3 is 0 Å². The Hall–Kier alpha value is -0.540. The van der Waals surface area contributed by atoms with Crippen LogP contribution in [0.5, 0.6) is 0 Å². The van der Waals surface area contributed by atoms with Crippen LogP contribution < -0.4 is 5.32 Å². The highest BCUT2D eigenvalue weighted by Gasteiger charge is 2.46. The molecule has 1 atom stereocenters. The van der Waals surface area contributed by atoms with Gasteiger partial charge in [-0.05, 0) is 57.5 Å². The third-order valence-corrected chi connectivity index (χ3v) is 4.97. The maximum atomic E-state index is 3.61. The highest BCUT2D eigenvalue weighted by atomic mass is 79.9. The van der Waals surface area contributed by atoms with Crippen molar-refractivity contribution in [1.82, 2.24) is 4.90 Å². The number of anilines is 1. The minimum absolute atomic E-state index is 0.276. The molecule has 2 heterocycles. The third kappa shape index (κ3) is 1.88. The Bertz CT molecular complexity index is 478. The van der Waals surface area contributed by atoms with Gasteiger partial charge in [0.1, 0.15) is 0 Å². The Morgan fingerprint density at radius 2 is 2.11 bits per heavy atom. The molecule has 1 aromatic carbocycles. The van der Waals surface area contributed by atoms with Crippen molar-refractivity contribution in [1.29, 1.82) is 0 Å². The van der Waals surface area contributed by atoms with Crippen LogP contribution in [0.2, 0.25) is 0 Å². The van der Waals surface area contributed by atoms with Gasteiger partial charge in [-0.3, -0.25) is 4.90 Å². The van der Waals surface area contributed by atoms with Crippen LogP contribution in [-0.4, -0.2) is 30.1 Å². The van der Waals surface area contributed by atoms with Crippen molar-refractivity contribution in [2.45, 2.75) is 38.1 Å². The topological polar surface area (TPSA) is 15.3 Å². The minimum Gasteiger partial charge on any atom is -0.384 e. The third-order valence-electron chi connectivity index (χ3n) is 4.47. The van der Waals surface area contributed by atoms with Gasteiger partial charge in [0.25, 0.3) is 0 Å². The summed E-state index contributed by atoms with van der Waals surface area (Å²) in [6.07, 6.45) is 1.26. The van der Waals surface area contributed by atoms with Gasteiger partial charge in [0.2, 0.25) is 0 Å². The van der Waals surface area contributed by atoms with Crippen molar-refractivity contribution in [2.75, 3.05) is 25.0 Å². The van der Waals surface area contributed by atoms with Gasteiger partial charge in [0.15, 0.2) is 0 Å². The summed E-state index contributed by atoms with van der Waals surface area (Å²) in [6, 6.07) is 6.64. The van der Waals surface area contributed by atoms with E-state index in [2.05, 4.69) is 65.1 Å². The van der Waals surface area contributed by atoms with Crippen LogP contribution in [0, 0.1) is 0 Å². The lowest BCUT2D eigenvalue weighted by atomic mass is 9.81. The predicted molar refractivity (Wildman–Crippen MR) is 80.3 cm³/mol. The number of hydrogen-bond acceptors (Lipinski definition) is 2. The van der Waals surface area contributed by atoms with E-state index in [0.29, 0.717) is 5.41 Å². The average Bonchev–Trinajstić information content (AvgIpc) is 2.86. The first-order chi connectivity index (χ1) is 8.41. The van der Waals surface area contributed by atoms with Crippen LogP contribution in [-0.2, 0) is 5.41 Å². The molecule has 1 fully saturated rings. The summed E-state index contributed by atoms with van der Waals surface area (Å²) in [5.74, 6) is 0. The number of rotatable bonds is 0. The Morgan fingerprint density at radius 3 is 2.78 bits per heavy atom. The molecule has 2 aliphatic heterocycles. The van der Waals surface area contributed by atoms with Gasteiger partial charge in [-0.1, -0.05) is 15.9 Å². The quantitative estimate of drug-likeness (QED) is 0.787. The molecule has 0 aromatic heterocycles. The standard InChI is InChI=1S/C15H21BrN2/c1-14(2,3)18-7-6-15(10-18)9-17-13-5-4-11(16)8-12(13)15/h4-5,8,17H,6-7,9-10H2,1-3H3/t15-/m0/s1. The minimum atomic E-state index is 0.276. The van der Waals surface area contributed by atoms with Crippen LogP contribution in [0.3, 0.4) is 0 Å². The van der Waals surface area contributed by atoms with E-state index >= 15 is 0 Å². The highest BCUT2D eigenvalue weighted by molar-refractivity contribution is 9.10. The lowest BCUT2D eigenvalue weighted by Crippen LogP contribution is -2.42. The van der Waals surface area contributed by atoms with Gasteiger partial charge in [0.05, 0.1) is 0 Å². The Kier molecular flexibility index (Phi) is 2.76. The number of likely N-dealkylation sites (tertiary alicyclic amines) is 1. The number of nitrogens with zero attached hydrogens (tertiary/aromatic N) is 1. The molecule has 0 radical (unpaired) electrons. The molecular formula is C15H21BrN2. The SMILES string of the molecule is CC(C)(C)N1CC[C@]2(CNc3ccc(Br)cc32)C1. The molecule has 2 aliphatic rings. The molecule has 3 heteroatoms. The van der Waals surface area contributed by atoms with Crippen LogP contribution in [0.4, 0.5) is 5.69 Å². The van der Waals surface area contributed by atoms with Crippen LogP contribution in [0.1, 0.15) is 32.8 Å². The fraction of sp³-hybridized carbons (Fsp3) is 0.600. The van der Waals surface area contributed by atoms with Crippen LogP contribution >= 0.6 is 15.9 Å². The van der Waals surface area contributed by atoms with Gasteiger partial charge in [-0.2, -0.15) is 0 Å². The highest BCUT2D eigenvalue weighted by Crippen LogP contribution is 2.45. The maximum Gasteiger partial charge on any atom is 0.0380 e. The molecule has 1 spiro atoms. The molecular weight excluding hydrogens is 288 g/mol. The van der Waals surface area contributed by atoms with E-state index in [1.807, 2.05) is 0 Å². The molecule has 98 valence electrons. The van der Waals surface area contributed by atoms with E-state index in [1.54, 1.807) is 0 Å². The summed E-state index contributed by atoms with van der Waals surface area (Å²) < 4.78 is 1.19. The van der Waals surface area contributed by atoms with Gasteiger partial charge in [-0.25, -0.2) is 0 Å². The molecule has 1 N–H and O–H groups in total. The molecule has 0 bridgehead atoms. The molecule has 1 aromatic rings.